The number of methoxy groups -OCH3 is 1. The largest absolute Gasteiger partial charge is 0.487 e. The van der Waals surface area contributed by atoms with Gasteiger partial charge in [-0.05, 0) is 41.8 Å². The number of nitrogens with two attached hydrogens (primary N) is 1. The van der Waals surface area contributed by atoms with Gasteiger partial charge in [-0.15, -0.1) is 0 Å². The number of rotatable bonds is 5. The van der Waals surface area contributed by atoms with E-state index < -0.39 is 11.9 Å². The quantitative estimate of drug-likeness (QED) is 0.664. The number of carbonyl (C=O) groups excluding carboxylic acids is 2. The SMILES string of the molecule is COC(=O)C1=C(N)OC2=C(C(=O)CCC2)[C@H]1c1ccc(OCc2cccc(F)c2)c(Cl)c1. The number of ether oxygens (including phenoxy) is 3. The van der Waals surface area contributed by atoms with Gasteiger partial charge in [-0.1, -0.05) is 29.8 Å². The van der Waals surface area contributed by atoms with Crippen LogP contribution in [0.15, 0.2) is 65.3 Å². The van der Waals surface area contributed by atoms with Crippen molar-refractivity contribution in [3.8, 4) is 5.75 Å². The van der Waals surface area contributed by atoms with Crippen LogP contribution in [0.25, 0.3) is 0 Å². The summed E-state index contributed by atoms with van der Waals surface area (Å²) >= 11 is 6.46. The molecule has 0 unspecified atom stereocenters. The van der Waals surface area contributed by atoms with Crippen molar-refractivity contribution in [2.45, 2.75) is 31.8 Å². The predicted octanol–water partition coefficient (Wildman–Crippen LogP) is 4.52. The van der Waals surface area contributed by atoms with Gasteiger partial charge in [-0.3, -0.25) is 4.79 Å². The first-order chi connectivity index (χ1) is 15.4. The van der Waals surface area contributed by atoms with Crippen molar-refractivity contribution in [2.24, 2.45) is 5.73 Å². The molecule has 1 atom stereocenters. The van der Waals surface area contributed by atoms with Crippen LogP contribution in [-0.4, -0.2) is 18.9 Å². The van der Waals surface area contributed by atoms with Crippen molar-refractivity contribution >= 4 is 23.4 Å². The minimum absolute atomic E-state index is 0.0611. The fourth-order valence-electron chi connectivity index (χ4n) is 4.00. The first-order valence-electron chi connectivity index (χ1n) is 10.1. The number of benzene rings is 2. The normalized spacial score (nSPS) is 18.2. The number of ketones is 1. The molecule has 2 aromatic rings. The van der Waals surface area contributed by atoms with Crippen LogP contribution in [0, 0.1) is 5.82 Å². The van der Waals surface area contributed by atoms with Gasteiger partial charge >= 0.3 is 5.97 Å². The van der Waals surface area contributed by atoms with E-state index in [1.165, 1.54) is 19.2 Å². The van der Waals surface area contributed by atoms with E-state index in [2.05, 4.69) is 0 Å². The lowest BCUT2D eigenvalue weighted by Gasteiger charge is -2.32. The standard InChI is InChI=1S/C24H21ClFNO5/c1-30-24(29)22-20(21-17(28)6-3-7-19(21)32-23(22)27)14-8-9-18(16(25)11-14)31-12-13-4-2-5-15(26)10-13/h2,4-5,8-11,20H,3,6-7,12,27H2,1H3/t20-/m1/s1. The van der Waals surface area contributed by atoms with Crippen LogP contribution in [0.2, 0.25) is 5.02 Å². The average Bonchev–Trinajstić information content (AvgIpc) is 2.77. The maximum Gasteiger partial charge on any atom is 0.340 e. The lowest BCUT2D eigenvalue weighted by molar-refractivity contribution is -0.136. The Morgan fingerprint density at radius 2 is 2.06 bits per heavy atom. The van der Waals surface area contributed by atoms with Gasteiger partial charge in [0.05, 0.1) is 18.1 Å². The summed E-state index contributed by atoms with van der Waals surface area (Å²) in [6.45, 7) is 0.127. The van der Waals surface area contributed by atoms with Crippen molar-refractivity contribution < 1.29 is 28.2 Å². The highest BCUT2D eigenvalue weighted by atomic mass is 35.5. The molecule has 0 aromatic heterocycles. The Bertz CT molecular complexity index is 1160. The molecule has 2 N–H and O–H groups in total. The van der Waals surface area contributed by atoms with Gasteiger partial charge in [0.15, 0.2) is 5.78 Å². The zero-order chi connectivity index (χ0) is 22.8. The highest BCUT2D eigenvalue weighted by molar-refractivity contribution is 6.32. The molecule has 1 aliphatic heterocycles. The van der Waals surface area contributed by atoms with Gasteiger partial charge in [0, 0.05) is 18.4 Å². The molecule has 0 radical (unpaired) electrons. The summed E-state index contributed by atoms with van der Waals surface area (Å²) < 4.78 is 29.6. The number of halogens is 2. The Balaban J connectivity index is 1.68. The molecule has 0 bridgehead atoms. The van der Waals surface area contributed by atoms with Crippen LogP contribution in [0.1, 0.15) is 36.3 Å². The molecule has 166 valence electrons. The summed E-state index contributed by atoms with van der Waals surface area (Å²) in [7, 11) is 1.24. The third kappa shape index (κ3) is 4.21. The number of allylic oxidation sites excluding steroid dienone is 2. The minimum Gasteiger partial charge on any atom is -0.487 e. The molecule has 32 heavy (non-hydrogen) atoms. The Morgan fingerprint density at radius 3 is 2.78 bits per heavy atom. The molecule has 6 nitrogen and oxygen atoms in total. The van der Waals surface area contributed by atoms with Crippen molar-refractivity contribution in [3.63, 3.8) is 0 Å². The fraction of sp³-hybridized carbons (Fsp3) is 0.250. The smallest absolute Gasteiger partial charge is 0.340 e. The lowest BCUT2D eigenvalue weighted by atomic mass is 9.77. The molecule has 4 rings (SSSR count). The van der Waals surface area contributed by atoms with Crippen LogP contribution in [0.4, 0.5) is 4.39 Å². The molecule has 0 fully saturated rings. The van der Waals surface area contributed by atoms with Crippen LogP contribution in [0.3, 0.4) is 0 Å². The molecule has 2 aliphatic rings. The molecule has 2 aromatic carbocycles. The van der Waals surface area contributed by atoms with Crippen LogP contribution >= 0.6 is 11.6 Å². The number of esters is 1. The van der Waals surface area contributed by atoms with E-state index in [1.807, 2.05) is 0 Å². The van der Waals surface area contributed by atoms with E-state index in [0.29, 0.717) is 47.5 Å². The van der Waals surface area contributed by atoms with Gasteiger partial charge < -0.3 is 19.9 Å². The third-order valence-corrected chi connectivity index (χ3v) is 5.76. The zero-order valence-electron chi connectivity index (χ0n) is 17.3. The summed E-state index contributed by atoms with van der Waals surface area (Å²) in [6, 6.07) is 11.1. The van der Waals surface area contributed by atoms with Crippen molar-refractivity contribution in [1.82, 2.24) is 0 Å². The van der Waals surface area contributed by atoms with Gasteiger partial charge in [0.25, 0.3) is 0 Å². The number of Topliss-reactive ketones (excluding diaryl/α,β-unsaturated/α-hetero) is 1. The Morgan fingerprint density at radius 1 is 1.25 bits per heavy atom. The van der Waals surface area contributed by atoms with Crippen LogP contribution in [0.5, 0.6) is 5.75 Å². The minimum atomic E-state index is -0.756. The lowest BCUT2D eigenvalue weighted by Crippen LogP contribution is -2.31. The molecule has 1 heterocycles. The Hall–Kier alpha value is -3.32. The second-order valence-corrected chi connectivity index (χ2v) is 7.93. The molecular weight excluding hydrogens is 437 g/mol. The fourth-order valence-corrected chi connectivity index (χ4v) is 4.24. The third-order valence-electron chi connectivity index (χ3n) is 5.46. The predicted molar refractivity (Wildman–Crippen MR) is 115 cm³/mol. The first kappa shape index (κ1) is 21.9. The highest BCUT2D eigenvalue weighted by Crippen LogP contribution is 2.45. The molecule has 1 aliphatic carbocycles. The summed E-state index contributed by atoms with van der Waals surface area (Å²) in [5, 5.41) is 0.276. The Kier molecular flexibility index (Phi) is 6.19. The monoisotopic (exact) mass is 457 g/mol. The zero-order valence-corrected chi connectivity index (χ0v) is 18.1. The van der Waals surface area contributed by atoms with E-state index in [4.69, 9.17) is 31.5 Å². The van der Waals surface area contributed by atoms with Crippen molar-refractivity contribution in [3.05, 3.63) is 87.2 Å². The molecule has 0 saturated carbocycles. The molecule has 0 saturated heterocycles. The van der Waals surface area contributed by atoms with Crippen LogP contribution in [-0.2, 0) is 25.7 Å². The first-order valence-corrected chi connectivity index (χ1v) is 10.5. The summed E-state index contributed by atoms with van der Waals surface area (Å²) in [5.74, 6) is -1.13. The second-order valence-electron chi connectivity index (χ2n) is 7.53. The van der Waals surface area contributed by atoms with Gasteiger partial charge in [-0.2, -0.15) is 0 Å². The summed E-state index contributed by atoms with van der Waals surface area (Å²) in [5.41, 5.74) is 7.75. The maximum atomic E-state index is 13.4. The number of hydrogen-bond acceptors (Lipinski definition) is 6. The van der Waals surface area contributed by atoms with Gasteiger partial charge in [-0.25, -0.2) is 9.18 Å². The maximum absolute atomic E-state index is 13.4. The number of hydrogen-bond donors (Lipinski definition) is 1. The van der Waals surface area contributed by atoms with Gasteiger partial charge in [0.2, 0.25) is 5.88 Å². The highest BCUT2D eigenvalue weighted by Gasteiger charge is 2.41. The topological polar surface area (TPSA) is 87.9 Å². The van der Waals surface area contributed by atoms with Crippen molar-refractivity contribution in [1.29, 1.82) is 0 Å². The molecule has 0 amide bonds. The second kappa shape index (κ2) is 9.04. The van der Waals surface area contributed by atoms with E-state index in [0.717, 1.165) is 0 Å². The Labute approximate surface area is 189 Å². The molecular formula is C24H21ClFNO5. The number of carbonyl (C=O) groups is 2. The molecule has 8 heteroatoms. The van der Waals surface area contributed by atoms with E-state index in [9.17, 15) is 14.0 Å². The van der Waals surface area contributed by atoms with E-state index >= 15 is 0 Å². The van der Waals surface area contributed by atoms with Gasteiger partial charge in [0.1, 0.15) is 29.5 Å². The summed E-state index contributed by atoms with van der Waals surface area (Å²) in [6.07, 6.45) is 1.56. The van der Waals surface area contributed by atoms with E-state index in [1.54, 1.807) is 30.3 Å². The summed E-state index contributed by atoms with van der Waals surface area (Å²) in [4.78, 5) is 25.3. The van der Waals surface area contributed by atoms with Crippen molar-refractivity contribution in [2.75, 3.05) is 7.11 Å². The average molecular weight is 458 g/mol. The van der Waals surface area contributed by atoms with Crippen LogP contribution < -0.4 is 10.5 Å². The van der Waals surface area contributed by atoms with E-state index in [-0.39, 0.29) is 34.7 Å². The molecule has 0 spiro atoms.